The van der Waals surface area contributed by atoms with Gasteiger partial charge in [-0.3, -0.25) is 9.48 Å². The van der Waals surface area contributed by atoms with E-state index in [2.05, 4.69) is 31.6 Å². The third-order valence-electron chi connectivity index (χ3n) is 5.11. The van der Waals surface area contributed by atoms with Crippen LogP contribution in [-0.2, 0) is 13.2 Å². The number of hydrazone groups is 1. The smallest absolute Gasteiger partial charge is 0.291 e. The van der Waals surface area contributed by atoms with E-state index >= 15 is 0 Å². The first-order valence-electron chi connectivity index (χ1n) is 10.8. The van der Waals surface area contributed by atoms with Gasteiger partial charge in [0, 0.05) is 22.3 Å². The van der Waals surface area contributed by atoms with Gasteiger partial charge >= 0.3 is 0 Å². The number of hydrogen-bond donors (Lipinski definition) is 1. The van der Waals surface area contributed by atoms with Gasteiger partial charge in [-0.25, -0.2) is 5.43 Å². The quantitative estimate of drug-likeness (QED) is 0.183. The van der Waals surface area contributed by atoms with Crippen molar-refractivity contribution in [2.45, 2.75) is 13.2 Å². The van der Waals surface area contributed by atoms with E-state index in [1.807, 2.05) is 36.4 Å². The number of benzene rings is 3. The Balaban J connectivity index is 1.33. The summed E-state index contributed by atoms with van der Waals surface area (Å²) >= 11 is 15.4. The second-order valence-corrected chi connectivity index (χ2v) is 9.39. The molecule has 7 nitrogen and oxygen atoms in total. The number of aromatic nitrogens is 2. The summed E-state index contributed by atoms with van der Waals surface area (Å²) in [6, 6.07) is 20.2. The van der Waals surface area contributed by atoms with Crippen molar-refractivity contribution >= 4 is 51.3 Å². The molecule has 1 N–H and O–H groups in total. The summed E-state index contributed by atoms with van der Waals surface area (Å²) < 4.78 is 14.0. The maximum Gasteiger partial charge on any atom is 0.291 e. The molecule has 1 amide bonds. The van der Waals surface area contributed by atoms with Crippen LogP contribution in [0.3, 0.4) is 0 Å². The van der Waals surface area contributed by atoms with Crippen LogP contribution in [0.2, 0.25) is 10.0 Å². The second-order valence-electron chi connectivity index (χ2n) is 7.66. The van der Waals surface area contributed by atoms with Crippen LogP contribution < -0.4 is 14.9 Å². The van der Waals surface area contributed by atoms with Gasteiger partial charge in [0.05, 0.1) is 29.9 Å². The first-order valence-corrected chi connectivity index (χ1v) is 12.3. The standard InChI is InChI=1S/C26H21BrCl2N4O3/c1-35-25-12-18(2-5-19(25)16-36-21-8-9-22(28)23(29)13-21)14-30-31-26(34)24-10-11-33(32-24)15-17-3-6-20(27)7-4-17/h2-14H,15-16H2,1H3,(H,31,34)/b30-14+. The average molecular weight is 588 g/mol. The summed E-state index contributed by atoms with van der Waals surface area (Å²) in [5.74, 6) is 0.815. The van der Waals surface area contributed by atoms with Gasteiger partial charge in [-0.05, 0) is 47.5 Å². The van der Waals surface area contributed by atoms with E-state index in [-0.39, 0.29) is 12.3 Å². The lowest BCUT2D eigenvalue weighted by Gasteiger charge is -2.11. The number of nitrogens with one attached hydrogen (secondary N) is 1. The highest BCUT2D eigenvalue weighted by Gasteiger charge is 2.10. The summed E-state index contributed by atoms with van der Waals surface area (Å²) in [4.78, 5) is 12.4. The Morgan fingerprint density at radius 2 is 1.89 bits per heavy atom. The van der Waals surface area contributed by atoms with E-state index < -0.39 is 5.91 Å². The highest BCUT2D eigenvalue weighted by molar-refractivity contribution is 9.10. The van der Waals surface area contributed by atoms with Crippen molar-refractivity contribution in [1.29, 1.82) is 0 Å². The molecule has 36 heavy (non-hydrogen) atoms. The molecule has 184 valence electrons. The number of halogens is 3. The number of ether oxygens (including phenoxy) is 2. The Hall–Kier alpha value is -3.33. The van der Waals surface area contributed by atoms with Gasteiger partial charge < -0.3 is 9.47 Å². The van der Waals surface area contributed by atoms with Crippen molar-refractivity contribution in [1.82, 2.24) is 15.2 Å². The highest BCUT2D eigenvalue weighted by Crippen LogP contribution is 2.28. The summed E-state index contributed by atoms with van der Waals surface area (Å²) in [5, 5.41) is 9.25. The zero-order valence-corrected chi connectivity index (χ0v) is 22.2. The minimum Gasteiger partial charge on any atom is -0.496 e. The Morgan fingerprint density at radius 1 is 1.08 bits per heavy atom. The lowest BCUT2D eigenvalue weighted by molar-refractivity contribution is 0.0949. The van der Waals surface area contributed by atoms with Crippen molar-refractivity contribution in [3.63, 3.8) is 0 Å². The molecule has 3 aromatic carbocycles. The molecule has 0 radical (unpaired) electrons. The van der Waals surface area contributed by atoms with Crippen molar-refractivity contribution in [2.24, 2.45) is 5.10 Å². The Morgan fingerprint density at radius 3 is 2.64 bits per heavy atom. The Bertz CT molecular complexity index is 1390. The average Bonchev–Trinajstić information content (AvgIpc) is 3.35. The molecule has 0 unspecified atom stereocenters. The summed E-state index contributed by atoms with van der Waals surface area (Å²) in [5.41, 5.74) is 5.43. The molecule has 0 aliphatic rings. The van der Waals surface area contributed by atoms with Crippen LogP contribution in [0.4, 0.5) is 0 Å². The molecule has 0 fully saturated rings. The van der Waals surface area contributed by atoms with Crippen LogP contribution in [0, 0.1) is 0 Å². The zero-order valence-electron chi connectivity index (χ0n) is 19.1. The molecule has 0 aliphatic heterocycles. The number of methoxy groups -OCH3 is 1. The van der Waals surface area contributed by atoms with Crippen LogP contribution in [-0.4, -0.2) is 29.0 Å². The predicted octanol–water partition coefficient (Wildman–Crippen LogP) is 6.35. The van der Waals surface area contributed by atoms with Crippen LogP contribution in [0.25, 0.3) is 0 Å². The van der Waals surface area contributed by atoms with Gasteiger partial charge in [0.2, 0.25) is 0 Å². The molecule has 0 aliphatic carbocycles. The maximum absolute atomic E-state index is 12.4. The minimum absolute atomic E-state index is 0.275. The van der Waals surface area contributed by atoms with E-state index in [4.69, 9.17) is 32.7 Å². The number of nitrogens with zero attached hydrogens (tertiary/aromatic N) is 3. The first kappa shape index (κ1) is 25.8. The number of amides is 1. The van der Waals surface area contributed by atoms with E-state index in [1.54, 1.807) is 48.3 Å². The van der Waals surface area contributed by atoms with E-state index in [1.165, 1.54) is 6.21 Å². The molecule has 0 saturated carbocycles. The molecular weight excluding hydrogens is 567 g/mol. The molecule has 1 heterocycles. The highest BCUT2D eigenvalue weighted by atomic mass is 79.9. The first-order chi connectivity index (χ1) is 17.4. The summed E-state index contributed by atoms with van der Waals surface area (Å²) in [6.45, 7) is 0.836. The Labute approximate surface area is 226 Å². The van der Waals surface area contributed by atoms with Crippen molar-refractivity contribution in [2.75, 3.05) is 7.11 Å². The zero-order chi connectivity index (χ0) is 25.5. The Kier molecular flexibility index (Phi) is 8.64. The van der Waals surface area contributed by atoms with Gasteiger partial charge in [0.15, 0.2) is 5.69 Å². The topological polar surface area (TPSA) is 77.7 Å². The molecule has 4 aromatic rings. The van der Waals surface area contributed by atoms with Gasteiger partial charge in [0.1, 0.15) is 18.1 Å². The molecule has 4 rings (SSSR count). The fraction of sp³-hybridized carbons (Fsp3) is 0.115. The lowest BCUT2D eigenvalue weighted by Crippen LogP contribution is -2.18. The number of hydrogen-bond acceptors (Lipinski definition) is 5. The van der Waals surface area contributed by atoms with Crippen molar-refractivity contribution in [3.8, 4) is 11.5 Å². The van der Waals surface area contributed by atoms with Gasteiger partial charge in [0.25, 0.3) is 5.91 Å². The fourth-order valence-corrected chi connectivity index (χ4v) is 3.81. The SMILES string of the molecule is COc1cc(/C=N/NC(=O)c2ccn(Cc3ccc(Br)cc3)n2)ccc1COc1ccc(Cl)c(Cl)c1. The van der Waals surface area contributed by atoms with Crippen LogP contribution >= 0.6 is 39.1 Å². The van der Waals surface area contributed by atoms with Gasteiger partial charge in [-0.1, -0.05) is 63.4 Å². The van der Waals surface area contributed by atoms with E-state index in [0.29, 0.717) is 28.1 Å². The van der Waals surface area contributed by atoms with Crippen LogP contribution in [0.15, 0.2) is 82.5 Å². The normalized spacial score (nSPS) is 11.0. The molecule has 1 aromatic heterocycles. The van der Waals surface area contributed by atoms with Gasteiger partial charge in [-0.15, -0.1) is 0 Å². The van der Waals surface area contributed by atoms with Gasteiger partial charge in [-0.2, -0.15) is 10.2 Å². The third kappa shape index (κ3) is 6.87. The predicted molar refractivity (Wildman–Crippen MR) is 144 cm³/mol. The number of carbonyl (C=O) groups is 1. The molecule has 0 spiro atoms. The largest absolute Gasteiger partial charge is 0.496 e. The van der Waals surface area contributed by atoms with Crippen molar-refractivity contribution < 1.29 is 14.3 Å². The van der Waals surface area contributed by atoms with Crippen LogP contribution in [0.1, 0.15) is 27.2 Å². The second kappa shape index (κ2) is 12.1. The van der Waals surface area contributed by atoms with Crippen molar-refractivity contribution in [3.05, 3.63) is 110 Å². The van der Waals surface area contributed by atoms with E-state index in [9.17, 15) is 4.79 Å². The molecular formula is C26H21BrCl2N4O3. The van der Waals surface area contributed by atoms with E-state index in [0.717, 1.165) is 21.2 Å². The number of rotatable bonds is 9. The summed E-state index contributed by atoms with van der Waals surface area (Å²) in [7, 11) is 1.57. The minimum atomic E-state index is -0.403. The molecule has 0 atom stereocenters. The fourth-order valence-electron chi connectivity index (χ4n) is 3.26. The summed E-state index contributed by atoms with van der Waals surface area (Å²) in [6.07, 6.45) is 3.28. The lowest BCUT2D eigenvalue weighted by atomic mass is 10.1. The third-order valence-corrected chi connectivity index (χ3v) is 6.38. The molecule has 0 saturated heterocycles. The molecule has 0 bridgehead atoms. The monoisotopic (exact) mass is 586 g/mol. The molecule has 10 heteroatoms. The maximum atomic E-state index is 12.4. The number of carbonyl (C=O) groups excluding carboxylic acids is 1. The van der Waals surface area contributed by atoms with Crippen LogP contribution in [0.5, 0.6) is 11.5 Å².